The number of aromatic nitrogens is 2. The normalized spacial score (nSPS) is 16.5. The number of piperidine rings is 1. The smallest absolute Gasteiger partial charge is 0.229 e. The standard InChI is InChI=1S/C23H23FN4O/c1-16-12-22(26-15-25-16)28-11-3-5-19(14-28)23(29)27-21-6-2-4-18(13-21)17-7-9-20(24)10-8-17/h2,4,6-10,12-13,15,19H,3,5,11,14H2,1H3,(H,27,29). The second-order valence-corrected chi connectivity index (χ2v) is 7.38. The highest BCUT2D eigenvalue weighted by atomic mass is 19.1. The molecule has 6 heteroatoms. The summed E-state index contributed by atoms with van der Waals surface area (Å²) in [7, 11) is 0. The van der Waals surface area contributed by atoms with Crippen LogP contribution in [0.2, 0.25) is 0 Å². The van der Waals surface area contributed by atoms with Crippen molar-refractivity contribution in [3.8, 4) is 11.1 Å². The molecule has 1 amide bonds. The molecular weight excluding hydrogens is 367 g/mol. The molecule has 1 aliphatic rings. The molecular formula is C23H23FN4O. The van der Waals surface area contributed by atoms with Gasteiger partial charge in [-0.2, -0.15) is 0 Å². The molecule has 1 saturated heterocycles. The zero-order valence-electron chi connectivity index (χ0n) is 16.3. The van der Waals surface area contributed by atoms with Crippen molar-refractivity contribution in [1.29, 1.82) is 0 Å². The van der Waals surface area contributed by atoms with Crippen LogP contribution in [0.4, 0.5) is 15.9 Å². The number of hydrogen-bond acceptors (Lipinski definition) is 4. The zero-order valence-corrected chi connectivity index (χ0v) is 16.3. The number of anilines is 2. The molecule has 1 aliphatic heterocycles. The average Bonchev–Trinajstić information content (AvgIpc) is 2.74. The minimum absolute atomic E-state index is 0.0109. The Morgan fingerprint density at radius 2 is 1.93 bits per heavy atom. The lowest BCUT2D eigenvalue weighted by Gasteiger charge is -2.32. The molecule has 0 spiro atoms. The third-order valence-corrected chi connectivity index (χ3v) is 5.21. The van der Waals surface area contributed by atoms with Crippen LogP contribution in [0.25, 0.3) is 11.1 Å². The summed E-state index contributed by atoms with van der Waals surface area (Å²) in [6, 6.07) is 15.9. The van der Waals surface area contributed by atoms with Crippen LogP contribution < -0.4 is 10.2 Å². The number of carbonyl (C=O) groups excluding carboxylic acids is 1. The quantitative estimate of drug-likeness (QED) is 0.715. The molecule has 3 aromatic rings. The maximum absolute atomic E-state index is 13.2. The van der Waals surface area contributed by atoms with Crippen LogP contribution in [0.15, 0.2) is 60.9 Å². The van der Waals surface area contributed by atoms with E-state index in [9.17, 15) is 9.18 Å². The number of nitrogens with zero attached hydrogens (tertiary/aromatic N) is 3. The summed E-state index contributed by atoms with van der Waals surface area (Å²) < 4.78 is 13.2. The van der Waals surface area contributed by atoms with E-state index >= 15 is 0 Å². The molecule has 29 heavy (non-hydrogen) atoms. The number of carbonyl (C=O) groups is 1. The fraction of sp³-hybridized carbons (Fsp3) is 0.261. The largest absolute Gasteiger partial charge is 0.356 e. The second kappa shape index (κ2) is 8.39. The van der Waals surface area contributed by atoms with Gasteiger partial charge in [-0.3, -0.25) is 4.79 Å². The Labute approximate surface area is 169 Å². The van der Waals surface area contributed by atoms with E-state index < -0.39 is 0 Å². The van der Waals surface area contributed by atoms with E-state index in [1.807, 2.05) is 37.3 Å². The Bertz CT molecular complexity index is 1010. The molecule has 0 radical (unpaired) electrons. The summed E-state index contributed by atoms with van der Waals surface area (Å²) in [5, 5.41) is 3.04. The molecule has 1 atom stereocenters. The van der Waals surface area contributed by atoms with E-state index in [0.29, 0.717) is 6.54 Å². The predicted molar refractivity (Wildman–Crippen MR) is 112 cm³/mol. The highest BCUT2D eigenvalue weighted by Crippen LogP contribution is 2.25. The topological polar surface area (TPSA) is 58.1 Å². The highest BCUT2D eigenvalue weighted by Gasteiger charge is 2.26. The van der Waals surface area contributed by atoms with Crippen molar-refractivity contribution >= 4 is 17.4 Å². The molecule has 4 rings (SSSR count). The minimum atomic E-state index is -0.265. The van der Waals surface area contributed by atoms with Crippen LogP contribution in [0.1, 0.15) is 18.5 Å². The van der Waals surface area contributed by atoms with Crippen LogP contribution >= 0.6 is 0 Å². The maximum atomic E-state index is 13.2. The Hall–Kier alpha value is -3.28. The van der Waals surface area contributed by atoms with Gasteiger partial charge in [0.25, 0.3) is 0 Å². The summed E-state index contributed by atoms with van der Waals surface area (Å²) in [6.07, 6.45) is 3.36. The van der Waals surface area contributed by atoms with Crippen molar-refractivity contribution in [3.05, 3.63) is 72.4 Å². The van der Waals surface area contributed by atoms with Crippen LogP contribution in [-0.2, 0) is 4.79 Å². The molecule has 1 fully saturated rings. The van der Waals surface area contributed by atoms with Gasteiger partial charge in [-0.15, -0.1) is 0 Å². The Balaban J connectivity index is 1.45. The summed E-state index contributed by atoms with van der Waals surface area (Å²) in [5.74, 6) is 0.512. The molecule has 1 N–H and O–H groups in total. The van der Waals surface area contributed by atoms with E-state index in [-0.39, 0.29) is 17.6 Å². The summed E-state index contributed by atoms with van der Waals surface area (Å²) in [4.78, 5) is 23.5. The molecule has 0 saturated carbocycles. The molecule has 0 bridgehead atoms. The van der Waals surface area contributed by atoms with Gasteiger partial charge in [0.2, 0.25) is 5.91 Å². The number of rotatable bonds is 4. The van der Waals surface area contributed by atoms with Gasteiger partial charge in [-0.05, 0) is 55.2 Å². The molecule has 1 unspecified atom stereocenters. The SMILES string of the molecule is Cc1cc(N2CCCC(C(=O)Nc3cccc(-c4ccc(F)cc4)c3)C2)ncn1. The third kappa shape index (κ3) is 4.59. The van der Waals surface area contributed by atoms with E-state index in [0.717, 1.165) is 47.7 Å². The molecule has 5 nitrogen and oxygen atoms in total. The molecule has 2 heterocycles. The van der Waals surface area contributed by atoms with Gasteiger partial charge in [0.1, 0.15) is 18.0 Å². The summed E-state index contributed by atoms with van der Waals surface area (Å²) >= 11 is 0. The number of amides is 1. The van der Waals surface area contributed by atoms with E-state index in [1.165, 1.54) is 12.1 Å². The van der Waals surface area contributed by atoms with Gasteiger partial charge in [0.05, 0.1) is 5.92 Å². The van der Waals surface area contributed by atoms with Gasteiger partial charge >= 0.3 is 0 Å². The zero-order chi connectivity index (χ0) is 20.2. The van der Waals surface area contributed by atoms with Crippen LogP contribution in [0, 0.1) is 18.7 Å². The Morgan fingerprint density at radius 3 is 2.72 bits per heavy atom. The van der Waals surface area contributed by atoms with Crippen LogP contribution in [0.3, 0.4) is 0 Å². The molecule has 1 aromatic heterocycles. The van der Waals surface area contributed by atoms with Gasteiger partial charge in [0, 0.05) is 30.5 Å². The monoisotopic (exact) mass is 390 g/mol. The van der Waals surface area contributed by atoms with Gasteiger partial charge in [0.15, 0.2) is 0 Å². The van der Waals surface area contributed by atoms with Crippen LogP contribution in [-0.4, -0.2) is 29.0 Å². The van der Waals surface area contributed by atoms with Crippen LogP contribution in [0.5, 0.6) is 0 Å². The predicted octanol–water partition coefficient (Wildman–Crippen LogP) is 4.45. The average molecular weight is 390 g/mol. The maximum Gasteiger partial charge on any atom is 0.229 e. The first-order valence-corrected chi connectivity index (χ1v) is 9.79. The fourth-order valence-electron chi connectivity index (χ4n) is 3.68. The van der Waals surface area contributed by atoms with Gasteiger partial charge < -0.3 is 10.2 Å². The first kappa shape index (κ1) is 19.1. The Kier molecular flexibility index (Phi) is 5.51. The molecule has 2 aromatic carbocycles. The van der Waals surface area contributed by atoms with E-state index in [2.05, 4.69) is 20.2 Å². The van der Waals surface area contributed by atoms with Gasteiger partial charge in [-0.1, -0.05) is 24.3 Å². The third-order valence-electron chi connectivity index (χ3n) is 5.21. The molecule has 148 valence electrons. The lowest BCUT2D eigenvalue weighted by Crippen LogP contribution is -2.41. The fourth-order valence-corrected chi connectivity index (χ4v) is 3.68. The number of aryl methyl sites for hydroxylation is 1. The lowest BCUT2D eigenvalue weighted by molar-refractivity contribution is -0.120. The van der Waals surface area contributed by atoms with Crippen molar-refractivity contribution in [2.24, 2.45) is 5.92 Å². The Morgan fingerprint density at radius 1 is 1.10 bits per heavy atom. The van der Waals surface area contributed by atoms with Crippen molar-refractivity contribution in [2.75, 3.05) is 23.3 Å². The lowest BCUT2D eigenvalue weighted by atomic mass is 9.96. The number of benzene rings is 2. The highest BCUT2D eigenvalue weighted by molar-refractivity contribution is 5.93. The molecule has 0 aliphatic carbocycles. The minimum Gasteiger partial charge on any atom is -0.356 e. The van der Waals surface area contributed by atoms with Crippen molar-refractivity contribution in [1.82, 2.24) is 9.97 Å². The summed E-state index contributed by atoms with van der Waals surface area (Å²) in [6.45, 7) is 3.47. The number of halogens is 1. The van der Waals surface area contributed by atoms with Crippen molar-refractivity contribution in [2.45, 2.75) is 19.8 Å². The van der Waals surface area contributed by atoms with Crippen molar-refractivity contribution in [3.63, 3.8) is 0 Å². The van der Waals surface area contributed by atoms with E-state index in [1.54, 1.807) is 18.5 Å². The van der Waals surface area contributed by atoms with Gasteiger partial charge in [-0.25, -0.2) is 14.4 Å². The van der Waals surface area contributed by atoms with E-state index in [4.69, 9.17) is 0 Å². The number of nitrogens with one attached hydrogen (secondary N) is 1. The second-order valence-electron chi connectivity index (χ2n) is 7.38. The van der Waals surface area contributed by atoms with Crippen molar-refractivity contribution < 1.29 is 9.18 Å². The first-order chi connectivity index (χ1) is 14.1. The summed E-state index contributed by atoms with van der Waals surface area (Å²) in [5.41, 5.74) is 3.50. The number of hydrogen-bond donors (Lipinski definition) is 1. The first-order valence-electron chi connectivity index (χ1n) is 9.79.